The van der Waals surface area contributed by atoms with Crippen LogP contribution in [0.25, 0.3) is 0 Å². The molecule has 6 heteroatoms. The van der Waals surface area contributed by atoms with E-state index in [9.17, 15) is 14.0 Å². The molecule has 0 bridgehead atoms. The molecule has 138 valence electrons. The van der Waals surface area contributed by atoms with Crippen LogP contribution in [0.5, 0.6) is 11.5 Å². The molecule has 0 saturated carbocycles. The first-order chi connectivity index (χ1) is 13.1. The molecule has 0 radical (unpaired) electrons. The van der Waals surface area contributed by atoms with Crippen LogP contribution in [-0.4, -0.2) is 11.7 Å². The highest BCUT2D eigenvalue weighted by atomic mass is 32.1. The van der Waals surface area contributed by atoms with Gasteiger partial charge in [-0.15, -0.1) is 11.3 Å². The SMILES string of the molecule is O=C(CCC(=O)c1cccs1)NCc1ccc(Oc2ccc(F)cc2)cc1. The van der Waals surface area contributed by atoms with Crippen molar-refractivity contribution in [3.63, 3.8) is 0 Å². The first-order valence-electron chi connectivity index (χ1n) is 8.46. The number of Topliss-reactive ketones (excluding diaryl/α,β-unsaturated/α-hetero) is 1. The lowest BCUT2D eigenvalue weighted by Crippen LogP contribution is -2.23. The smallest absolute Gasteiger partial charge is 0.220 e. The van der Waals surface area contributed by atoms with Crippen molar-refractivity contribution in [3.8, 4) is 11.5 Å². The van der Waals surface area contributed by atoms with Gasteiger partial charge >= 0.3 is 0 Å². The molecule has 0 atom stereocenters. The maximum absolute atomic E-state index is 12.9. The quantitative estimate of drug-likeness (QED) is 0.560. The summed E-state index contributed by atoms with van der Waals surface area (Å²) in [5.41, 5.74) is 0.916. The molecule has 1 N–H and O–H groups in total. The van der Waals surface area contributed by atoms with E-state index in [0.717, 1.165) is 5.56 Å². The largest absolute Gasteiger partial charge is 0.457 e. The second-order valence-corrected chi connectivity index (χ2v) is 6.82. The van der Waals surface area contributed by atoms with Gasteiger partial charge in [0.25, 0.3) is 0 Å². The van der Waals surface area contributed by atoms with Crippen LogP contribution in [0.1, 0.15) is 28.1 Å². The highest BCUT2D eigenvalue weighted by molar-refractivity contribution is 7.12. The molecule has 1 aromatic heterocycles. The predicted octanol–water partition coefficient (Wildman–Crippen LogP) is 4.96. The maximum Gasteiger partial charge on any atom is 0.220 e. The molecule has 3 aromatic rings. The van der Waals surface area contributed by atoms with Gasteiger partial charge in [-0.25, -0.2) is 4.39 Å². The van der Waals surface area contributed by atoms with Gasteiger partial charge in [0, 0.05) is 19.4 Å². The summed E-state index contributed by atoms with van der Waals surface area (Å²) >= 11 is 1.38. The summed E-state index contributed by atoms with van der Waals surface area (Å²) in [5.74, 6) is 0.686. The van der Waals surface area contributed by atoms with Crippen LogP contribution >= 0.6 is 11.3 Å². The van der Waals surface area contributed by atoms with E-state index in [1.54, 1.807) is 30.3 Å². The highest BCUT2D eigenvalue weighted by Gasteiger charge is 2.10. The van der Waals surface area contributed by atoms with E-state index in [1.165, 1.54) is 23.5 Å². The van der Waals surface area contributed by atoms with Gasteiger partial charge in [0.05, 0.1) is 4.88 Å². The second-order valence-electron chi connectivity index (χ2n) is 5.88. The minimum absolute atomic E-state index is 0.0116. The first kappa shape index (κ1) is 18.8. The molecule has 0 aliphatic carbocycles. The molecule has 0 saturated heterocycles. The molecule has 0 unspecified atom stereocenters. The van der Waals surface area contributed by atoms with Crippen LogP contribution in [0.3, 0.4) is 0 Å². The zero-order chi connectivity index (χ0) is 19.1. The summed E-state index contributed by atoms with van der Waals surface area (Å²) in [6.45, 7) is 0.378. The van der Waals surface area contributed by atoms with Gasteiger partial charge in [-0.05, 0) is 53.4 Å². The third-order valence-electron chi connectivity index (χ3n) is 3.84. The molecular formula is C21H18FNO3S. The van der Waals surface area contributed by atoms with Crippen LogP contribution in [0.4, 0.5) is 4.39 Å². The van der Waals surface area contributed by atoms with E-state index in [0.29, 0.717) is 22.9 Å². The van der Waals surface area contributed by atoms with E-state index < -0.39 is 0 Å². The van der Waals surface area contributed by atoms with E-state index in [2.05, 4.69) is 5.32 Å². The lowest BCUT2D eigenvalue weighted by molar-refractivity contribution is -0.121. The number of thiophene rings is 1. The Morgan fingerprint density at radius 3 is 2.22 bits per heavy atom. The number of halogens is 1. The summed E-state index contributed by atoms with van der Waals surface area (Å²) in [7, 11) is 0. The number of rotatable bonds is 8. The summed E-state index contributed by atoms with van der Waals surface area (Å²) < 4.78 is 18.5. The van der Waals surface area contributed by atoms with E-state index >= 15 is 0 Å². The van der Waals surface area contributed by atoms with Gasteiger partial charge in [-0.3, -0.25) is 9.59 Å². The third-order valence-corrected chi connectivity index (χ3v) is 4.75. The number of hydrogen-bond donors (Lipinski definition) is 1. The zero-order valence-electron chi connectivity index (χ0n) is 14.5. The van der Waals surface area contributed by atoms with Gasteiger partial charge in [-0.2, -0.15) is 0 Å². The number of ketones is 1. The molecule has 27 heavy (non-hydrogen) atoms. The first-order valence-corrected chi connectivity index (χ1v) is 9.34. The monoisotopic (exact) mass is 383 g/mol. The van der Waals surface area contributed by atoms with E-state index in [-0.39, 0.29) is 30.3 Å². The van der Waals surface area contributed by atoms with Gasteiger partial charge in [-0.1, -0.05) is 18.2 Å². The van der Waals surface area contributed by atoms with Gasteiger partial charge in [0.1, 0.15) is 17.3 Å². The van der Waals surface area contributed by atoms with Crippen molar-refractivity contribution in [2.75, 3.05) is 0 Å². The molecule has 1 heterocycles. The number of amides is 1. The van der Waals surface area contributed by atoms with Gasteiger partial charge in [0.2, 0.25) is 5.91 Å². The molecule has 2 aromatic carbocycles. The van der Waals surface area contributed by atoms with Crippen molar-refractivity contribution in [1.29, 1.82) is 0 Å². The summed E-state index contributed by atoms with van der Waals surface area (Å²) in [6, 6.07) is 16.6. The molecule has 0 aliphatic heterocycles. The van der Waals surface area contributed by atoms with Crippen LogP contribution in [0.15, 0.2) is 66.0 Å². The molecule has 0 fully saturated rings. The van der Waals surface area contributed by atoms with Crippen LogP contribution < -0.4 is 10.1 Å². The van der Waals surface area contributed by atoms with Crippen molar-refractivity contribution < 1.29 is 18.7 Å². The topological polar surface area (TPSA) is 55.4 Å². The Labute approximate surface area is 160 Å². The standard InChI is InChI=1S/C21H18FNO3S/c22-16-5-9-18(10-6-16)26-17-7-3-15(4-8-17)14-23-21(25)12-11-19(24)20-2-1-13-27-20/h1-10,13H,11-12,14H2,(H,23,25). The Morgan fingerprint density at radius 1 is 0.926 bits per heavy atom. The Hall–Kier alpha value is -2.99. The molecular weight excluding hydrogens is 365 g/mol. The van der Waals surface area contributed by atoms with Gasteiger partial charge < -0.3 is 10.1 Å². The summed E-state index contributed by atoms with van der Waals surface area (Å²) in [6.07, 6.45) is 0.374. The highest BCUT2D eigenvalue weighted by Crippen LogP contribution is 2.21. The number of hydrogen-bond acceptors (Lipinski definition) is 4. The van der Waals surface area contributed by atoms with Crippen LogP contribution in [-0.2, 0) is 11.3 Å². The number of carbonyl (C=O) groups excluding carboxylic acids is 2. The predicted molar refractivity (Wildman–Crippen MR) is 103 cm³/mol. The fourth-order valence-corrected chi connectivity index (χ4v) is 3.08. The van der Waals surface area contributed by atoms with Crippen LogP contribution in [0, 0.1) is 5.82 Å². The maximum atomic E-state index is 12.9. The van der Waals surface area contributed by atoms with Crippen molar-refractivity contribution in [1.82, 2.24) is 5.32 Å². The number of nitrogens with one attached hydrogen (secondary N) is 1. The normalized spacial score (nSPS) is 10.4. The lowest BCUT2D eigenvalue weighted by Gasteiger charge is -2.08. The molecule has 1 amide bonds. The second kappa shape index (κ2) is 9.09. The van der Waals surface area contributed by atoms with Crippen molar-refractivity contribution in [3.05, 3.63) is 82.3 Å². The zero-order valence-corrected chi connectivity index (χ0v) is 15.3. The fourth-order valence-electron chi connectivity index (χ4n) is 2.39. The summed E-state index contributed by atoms with van der Waals surface area (Å²) in [5, 5.41) is 4.65. The van der Waals surface area contributed by atoms with Crippen molar-refractivity contribution >= 4 is 23.0 Å². The molecule has 3 rings (SSSR count). The number of carbonyl (C=O) groups is 2. The minimum Gasteiger partial charge on any atom is -0.457 e. The molecule has 4 nitrogen and oxygen atoms in total. The molecule has 0 spiro atoms. The fraction of sp³-hybridized carbons (Fsp3) is 0.143. The van der Waals surface area contributed by atoms with Crippen molar-refractivity contribution in [2.24, 2.45) is 0 Å². The third kappa shape index (κ3) is 5.76. The lowest BCUT2D eigenvalue weighted by atomic mass is 10.1. The van der Waals surface area contributed by atoms with Crippen molar-refractivity contribution in [2.45, 2.75) is 19.4 Å². The number of benzene rings is 2. The Balaban J connectivity index is 1.43. The Bertz CT molecular complexity index is 890. The Morgan fingerprint density at radius 2 is 1.59 bits per heavy atom. The van der Waals surface area contributed by atoms with Crippen LogP contribution in [0.2, 0.25) is 0 Å². The van der Waals surface area contributed by atoms with E-state index in [1.807, 2.05) is 23.6 Å². The Kier molecular flexibility index (Phi) is 6.33. The number of ether oxygens (including phenoxy) is 1. The average Bonchev–Trinajstić information content (AvgIpc) is 3.22. The van der Waals surface area contributed by atoms with Gasteiger partial charge in [0.15, 0.2) is 5.78 Å². The minimum atomic E-state index is -0.314. The molecule has 0 aliphatic rings. The van der Waals surface area contributed by atoms with E-state index in [4.69, 9.17) is 4.74 Å². The summed E-state index contributed by atoms with van der Waals surface area (Å²) in [4.78, 5) is 24.5. The average molecular weight is 383 g/mol.